The molecular weight excluding hydrogens is 292 g/mol. The number of carbonyl (C=O) groups is 2. The Morgan fingerprint density at radius 1 is 1.13 bits per heavy atom. The average Bonchev–Trinajstić information content (AvgIpc) is 2.81. The van der Waals surface area contributed by atoms with E-state index in [9.17, 15) is 9.59 Å². The lowest BCUT2D eigenvalue weighted by molar-refractivity contribution is -0.133. The van der Waals surface area contributed by atoms with E-state index in [1.54, 1.807) is 6.07 Å². The van der Waals surface area contributed by atoms with Gasteiger partial charge in [-0.2, -0.15) is 0 Å². The molecule has 1 amide bonds. The van der Waals surface area contributed by atoms with Crippen LogP contribution < -0.4 is 9.64 Å². The van der Waals surface area contributed by atoms with Crippen molar-refractivity contribution in [2.75, 3.05) is 38.7 Å². The van der Waals surface area contributed by atoms with Gasteiger partial charge >= 0.3 is 0 Å². The van der Waals surface area contributed by atoms with Crippen molar-refractivity contribution in [3.63, 3.8) is 0 Å². The number of likely N-dealkylation sites (tertiary alicyclic amines) is 1. The van der Waals surface area contributed by atoms with E-state index >= 15 is 0 Å². The van der Waals surface area contributed by atoms with E-state index in [1.165, 1.54) is 19.8 Å². The van der Waals surface area contributed by atoms with Crippen molar-refractivity contribution in [1.29, 1.82) is 0 Å². The summed E-state index contributed by atoms with van der Waals surface area (Å²) in [6.07, 6.45) is 4.48. The molecular formula is C18H26N2O3. The fourth-order valence-corrected chi connectivity index (χ4v) is 2.75. The third-order valence-electron chi connectivity index (χ3n) is 4.17. The molecule has 1 fully saturated rings. The van der Waals surface area contributed by atoms with Gasteiger partial charge in [0.25, 0.3) is 5.91 Å². The summed E-state index contributed by atoms with van der Waals surface area (Å²) in [7, 11) is 3.85. The van der Waals surface area contributed by atoms with Crippen LogP contribution in [-0.2, 0) is 4.79 Å². The predicted molar refractivity (Wildman–Crippen MR) is 91.3 cm³/mol. The van der Waals surface area contributed by atoms with Gasteiger partial charge < -0.3 is 14.5 Å². The van der Waals surface area contributed by atoms with Crippen LogP contribution in [0, 0.1) is 0 Å². The highest BCUT2D eigenvalue weighted by Gasteiger charge is 2.17. The van der Waals surface area contributed by atoms with Gasteiger partial charge in [-0.15, -0.1) is 0 Å². The molecule has 2 rings (SSSR count). The zero-order valence-corrected chi connectivity index (χ0v) is 14.3. The highest BCUT2D eigenvalue weighted by atomic mass is 16.5. The summed E-state index contributed by atoms with van der Waals surface area (Å²) in [5.41, 5.74) is 1.45. The number of rotatable bonds is 5. The Kier molecular flexibility index (Phi) is 6.02. The average molecular weight is 318 g/mol. The molecule has 0 unspecified atom stereocenters. The molecule has 1 aromatic rings. The number of ether oxygens (including phenoxy) is 1. The van der Waals surface area contributed by atoms with Crippen LogP contribution in [0.1, 0.15) is 43.0 Å². The minimum Gasteiger partial charge on any atom is -0.483 e. The van der Waals surface area contributed by atoms with Crippen molar-refractivity contribution in [2.45, 2.75) is 32.6 Å². The zero-order chi connectivity index (χ0) is 16.8. The summed E-state index contributed by atoms with van der Waals surface area (Å²) in [6, 6.07) is 5.44. The molecule has 0 radical (unpaired) electrons. The third-order valence-corrected chi connectivity index (χ3v) is 4.17. The first-order valence-electron chi connectivity index (χ1n) is 8.22. The summed E-state index contributed by atoms with van der Waals surface area (Å²) in [4.78, 5) is 27.9. The minimum absolute atomic E-state index is 0.00309. The van der Waals surface area contributed by atoms with Crippen LogP contribution in [0.5, 0.6) is 5.75 Å². The minimum atomic E-state index is -0.0625. The van der Waals surface area contributed by atoms with E-state index in [1.807, 2.05) is 36.0 Å². The molecule has 0 bridgehead atoms. The molecule has 1 aliphatic rings. The van der Waals surface area contributed by atoms with Crippen LogP contribution in [0.25, 0.3) is 0 Å². The molecule has 0 N–H and O–H groups in total. The summed E-state index contributed by atoms with van der Waals surface area (Å²) < 4.78 is 5.71. The lowest BCUT2D eigenvalue weighted by Crippen LogP contribution is -2.35. The number of anilines is 1. The summed E-state index contributed by atoms with van der Waals surface area (Å²) in [6.45, 7) is 3.10. The van der Waals surface area contributed by atoms with Crippen LogP contribution in [0.4, 0.5) is 5.69 Å². The first kappa shape index (κ1) is 17.3. The molecule has 0 spiro atoms. The molecule has 5 heteroatoms. The van der Waals surface area contributed by atoms with Crippen LogP contribution in [0.15, 0.2) is 18.2 Å². The Labute approximate surface area is 138 Å². The Hall–Kier alpha value is -2.04. The normalized spacial score (nSPS) is 15.0. The molecule has 1 heterocycles. The Bertz CT molecular complexity index is 561. The van der Waals surface area contributed by atoms with Gasteiger partial charge in [0.15, 0.2) is 12.4 Å². The van der Waals surface area contributed by atoms with Crippen molar-refractivity contribution in [2.24, 2.45) is 0 Å². The van der Waals surface area contributed by atoms with E-state index in [0.29, 0.717) is 11.3 Å². The first-order chi connectivity index (χ1) is 11.0. The summed E-state index contributed by atoms with van der Waals surface area (Å²) >= 11 is 0. The topological polar surface area (TPSA) is 49.9 Å². The zero-order valence-electron chi connectivity index (χ0n) is 14.3. The van der Waals surface area contributed by atoms with Crippen LogP contribution in [0.3, 0.4) is 0 Å². The van der Waals surface area contributed by atoms with Gasteiger partial charge in [0.05, 0.1) is 5.56 Å². The molecule has 23 heavy (non-hydrogen) atoms. The SMILES string of the molecule is CC(=O)c1ccc(N(C)C)cc1OCC(=O)N1CCCCCC1. The van der Waals surface area contributed by atoms with Gasteiger partial charge in [0.2, 0.25) is 0 Å². The second kappa shape index (κ2) is 7.99. The highest BCUT2D eigenvalue weighted by Crippen LogP contribution is 2.25. The lowest BCUT2D eigenvalue weighted by atomic mass is 10.1. The number of Topliss-reactive ketones (excluding diaryl/α,β-unsaturated/α-hetero) is 1. The third kappa shape index (κ3) is 4.71. The smallest absolute Gasteiger partial charge is 0.260 e. The largest absolute Gasteiger partial charge is 0.483 e. The van der Waals surface area contributed by atoms with Crippen LogP contribution in [0.2, 0.25) is 0 Å². The van der Waals surface area contributed by atoms with Crippen LogP contribution in [-0.4, -0.2) is 50.4 Å². The predicted octanol–water partition coefficient (Wildman–Crippen LogP) is 2.74. The van der Waals surface area contributed by atoms with Gasteiger partial charge in [0, 0.05) is 38.9 Å². The summed E-state index contributed by atoms with van der Waals surface area (Å²) in [5.74, 6) is 0.413. The molecule has 0 aliphatic carbocycles. The molecule has 0 saturated carbocycles. The number of carbonyl (C=O) groups excluding carboxylic acids is 2. The maximum atomic E-state index is 12.3. The van der Waals surface area contributed by atoms with E-state index in [2.05, 4.69) is 0 Å². The molecule has 1 aliphatic heterocycles. The monoisotopic (exact) mass is 318 g/mol. The van der Waals surface area contributed by atoms with Crippen molar-refractivity contribution >= 4 is 17.4 Å². The van der Waals surface area contributed by atoms with E-state index in [0.717, 1.165) is 31.6 Å². The van der Waals surface area contributed by atoms with Crippen molar-refractivity contribution in [3.8, 4) is 5.75 Å². The second-order valence-corrected chi connectivity index (χ2v) is 6.21. The number of hydrogen-bond donors (Lipinski definition) is 0. The molecule has 0 aromatic heterocycles. The van der Waals surface area contributed by atoms with Gasteiger partial charge in [-0.1, -0.05) is 12.8 Å². The Morgan fingerprint density at radius 2 is 1.78 bits per heavy atom. The van der Waals surface area contributed by atoms with Crippen LogP contribution >= 0.6 is 0 Å². The van der Waals surface area contributed by atoms with E-state index < -0.39 is 0 Å². The van der Waals surface area contributed by atoms with Gasteiger partial charge in [0.1, 0.15) is 5.75 Å². The molecule has 1 saturated heterocycles. The fraction of sp³-hybridized carbons (Fsp3) is 0.556. The lowest BCUT2D eigenvalue weighted by Gasteiger charge is -2.21. The van der Waals surface area contributed by atoms with Crippen molar-refractivity contribution in [3.05, 3.63) is 23.8 Å². The second-order valence-electron chi connectivity index (χ2n) is 6.21. The quantitative estimate of drug-likeness (QED) is 0.783. The number of ketones is 1. The molecule has 5 nitrogen and oxygen atoms in total. The van der Waals surface area contributed by atoms with Gasteiger partial charge in [-0.3, -0.25) is 9.59 Å². The summed E-state index contributed by atoms with van der Waals surface area (Å²) in [5, 5.41) is 0. The standard InChI is InChI=1S/C18H26N2O3/c1-14(21)16-9-8-15(19(2)3)12-17(16)23-13-18(22)20-10-6-4-5-7-11-20/h8-9,12H,4-7,10-11,13H2,1-3H3. The maximum Gasteiger partial charge on any atom is 0.260 e. The molecule has 126 valence electrons. The number of hydrogen-bond acceptors (Lipinski definition) is 4. The van der Waals surface area contributed by atoms with E-state index in [4.69, 9.17) is 4.74 Å². The van der Waals surface area contributed by atoms with Crippen molar-refractivity contribution in [1.82, 2.24) is 4.90 Å². The number of amides is 1. The first-order valence-corrected chi connectivity index (χ1v) is 8.22. The fourth-order valence-electron chi connectivity index (χ4n) is 2.75. The van der Waals surface area contributed by atoms with E-state index in [-0.39, 0.29) is 18.3 Å². The number of benzene rings is 1. The Morgan fingerprint density at radius 3 is 2.35 bits per heavy atom. The Balaban J connectivity index is 2.07. The number of nitrogens with zero attached hydrogens (tertiary/aromatic N) is 2. The highest BCUT2D eigenvalue weighted by molar-refractivity contribution is 5.97. The van der Waals surface area contributed by atoms with Gasteiger partial charge in [-0.25, -0.2) is 0 Å². The van der Waals surface area contributed by atoms with Crippen molar-refractivity contribution < 1.29 is 14.3 Å². The molecule has 0 atom stereocenters. The maximum absolute atomic E-state index is 12.3. The van der Waals surface area contributed by atoms with Gasteiger partial charge in [-0.05, 0) is 31.9 Å². The molecule has 1 aromatic carbocycles.